The van der Waals surface area contributed by atoms with E-state index in [0.717, 1.165) is 5.69 Å². The predicted octanol–water partition coefficient (Wildman–Crippen LogP) is 0.982. The topological polar surface area (TPSA) is 53.9 Å². The van der Waals surface area contributed by atoms with Crippen LogP contribution in [0.2, 0.25) is 5.02 Å². The van der Waals surface area contributed by atoms with Gasteiger partial charge in [0.05, 0.1) is 5.69 Å². The van der Waals surface area contributed by atoms with Crippen molar-refractivity contribution in [3.63, 3.8) is 0 Å². The second-order valence-electron chi connectivity index (χ2n) is 3.55. The Morgan fingerprint density at radius 2 is 2.38 bits per heavy atom. The van der Waals surface area contributed by atoms with Crippen molar-refractivity contribution >= 4 is 29.0 Å². The molecule has 0 unspecified atom stereocenters. The Kier molecular flexibility index (Phi) is 2.00. The summed E-state index contributed by atoms with van der Waals surface area (Å²) in [4.78, 5) is 13.1. The molecular weight excluding hydrogens is 230 g/mol. The number of rotatable bonds is 0. The minimum Gasteiger partial charge on any atom is -0.483 e. The number of carbonyl (C=O) groups excluding carboxylic acids is 1. The van der Waals surface area contributed by atoms with Gasteiger partial charge in [0.2, 0.25) is 0 Å². The highest BCUT2D eigenvalue weighted by molar-refractivity contribution is 6.31. The number of nitrogens with zero attached hydrogens (tertiary/aromatic N) is 2. The Hall–Kier alpha value is -1.75. The Labute approximate surface area is 96.6 Å². The van der Waals surface area contributed by atoms with Crippen LogP contribution >= 0.6 is 11.6 Å². The molecule has 3 rings (SSSR count). The fourth-order valence-corrected chi connectivity index (χ4v) is 1.92. The molecule has 0 atom stereocenters. The number of hydrazone groups is 1. The first-order valence-electron chi connectivity index (χ1n) is 4.79. The van der Waals surface area contributed by atoms with Crippen LogP contribution in [0.15, 0.2) is 23.3 Å². The number of hydrogen-bond donors (Lipinski definition) is 1. The van der Waals surface area contributed by atoms with E-state index < -0.39 is 0 Å². The molecule has 2 heterocycles. The average molecular weight is 238 g/mol. The highest BCUT2D eigenvalue weighted by Crippen LogP contribution is 2.34. The summed E-state index contributed by atoms with van der Waals surface area (Å²) < 4.78 is 5.50. The minimum absolute atomic E-state index is 0.133. The Balaban J connectivity index is 2.08. The number of carbonyl (C=O) groups is 1. The van der Waals surface area contributed by atoms with Gasteiger partial charge in [0, 0.05) is 11.1 Å². The zero-order valence-electron chi connectivity index (χ0n) is 8.24. The van der Waals surface area contributed by atoms with Crippen molar-refractivity contribution in [3.05, 3.63) is 23.2 Å². The summed E-state index contributed by atoms with van der Waals surface area (Å²) in [5.41, 5.74) is 3.25. The molecule has 2 aliphatic heterocycles. The van der Waals surface area contributed by atoms with Crippen molar-refractivity contribution < 1.29 is 9.53 Å². The summed E-state index contributed by atoms with van der Waals surface area (Å²) in [6.07, 6.45) is 0. The number of benzene rings is 1. The Morgan fingerprint density at radius 1 is 1.50 bits per heavy atom. The smallest absolute Gasteiger partial charge is 0.260 e. The zero-order chi connectivity index (χ0) is 11.1. The lowest BCUT2D eigenvalue weighted by atomic mass is 10.2. The highest BCUT2D eigenvalue weighted by atomic mass is 35.5. The predicted molar refractivity (Wildman–Crippen MR) is 59.9 cm³/mol. The van der Waals surface area contributed by atoms with Crippen LogP contribution in [0.4, 0.5) is 5.69 Å². The molecular formula is C10H8ClN3O2. The SMILES string of the molecule is O=C1CN2C(=NN1)COc1cc(Cl)ccc12. The van der Waals surface area contributed by atoms with E-state index in [4.69, 9.17) is 16.3 Å². The molecule has 0 bridgehead atoms. The molecule has 1 N–H and O–H groups in total. The fraction of sp³-hybridized carbons (Fsp3) is 0.200. The lowest BCUT2D eigenvalue weighted by Crippen LogP contribution is -2.49. The summed E-state index contributed by atoms with van der Waals surface area (Å²) in [6.45, 7) is 0.602. The molecule has 0 saturated carbocycles. The minimum atomic E-state index is -0.133. The molecule has 0 aromatic heterocycles. The molecule has 82 valence electrons. The number of ether oxygens (including phenoxy) is 1. The molecule has 5 nitrogen and oxygen atoms in total. The van der Waals surface area contributed by atoms with Crippen molar-refractivity contribution in [2.45, 2.75) is 0 Å². The molecule has 0 aliphatic carbocycles. The number of hydrogen-bond acceptors (Lipinski definition) is 4. The van der Waals surface area contributed by atoms with Gasteiger partial charge in [-0.3, -0.25) is 4.79 Å². The van der Waals surface area contributed by atoms with Crippen LogP contribution in [0.1, 0.15) is 0 Å². The fourth-order valence-electron chi connectivity index (χ4n) is 1.76. The summed E-state index contributed by atoms with van der Waals surface area (Å²) in [7, 11) is 0. The van der Waals surface area contributed by atoms with Crippen molar-refractivity contribution in [1.82, 2.24) is 5.43 Å². The van der Waals surface area contributed by atoms with Crippen molar-refractivity contribution in [3.8, 4) is 5.75 Å². The first-order chi connectivity index (χ1) is 7.74. The lowest BCUT2D eigenvalue weighted by molar-refractivity contribution is -0.119. The normalized spacial score (nSPS) is 17.9. The molecule has 1 aromatic rings. The molecule has 0 radical (unpaired) electrons. The summed E-state index contributed by atoms with van der Waals surface area (Å²) in [5.74, 6) is 1.25. The number of nitrogens with one attached hydrogen (secondary N) is 1. The highest BCUT2D eigenvalue weighted by Gasteiger charge is 2.28. The number of amides is 1. The van der Waals surface area contributed by atoms with Gasteiger partial charge in [-0.25, -0.2) is 5.43 Å². The third-order valence-electron chi connectivity index (χ3n) is 2.49. The molecule has 6 heteroatoms. The van der Waals surface area contributed by atoms with Gasteiger partial charge in [-0.05, 0) is 12.1 Å². The summed E-state index contributed by atoms with van der Waals surface area (Å²) in [5, 5.41) is 4.55. The average Bonchev–Trinajstić information content (AvgIpc) is 2.28. The quantitative estimate of drug-likeness (QED) is 0.732. The van der Waals surface area contributed by atoms with Gasteiger partial charge >= 0.3 is 0 Å². The largest absolute Gasteiger partial charge is 0.483 e. The van der Waals surface area contributed by atoms with E-state index in [-0.39, 0.29) is 12.5 Å². The van der Waals surface area contributed by atoms with E-state index in [0.29, 0.717) is 23.2 Å². The number of amidine groups is 1. The molecule has 0 fully saturated rings. The van der Waals surface area contributed by atoms with Gasteiger partial charge < -0.3 is 9.64 Å². The Morgan fingerprint density at radius 3 is 3.25 bits per heavy atom. The van der Waals surface area contributed by atoms with Crippen LogP contribution in [0.3, 0.4) is 0 Å². The van der Waals surface area contributed by atoms with E-state index in [9.17, 15) is 4.79 Å². The summed E-state index contributed by atoms with van der Waals surface area (Å²) in [6, 6.07) is 5.32. The molecule has 2 aliphatic rings. The van der Waals surface area contributed by atoms with E-state index >= 15 is 0 Å². The second-order valence-corrected chi connectivity index (χ2v) is 3.99. The first-order valence-corrected chi connectivity index (χ1v) is 5.17. The van der Waals surface area contributed by atoms with E-state index in [1.54, 1.807) is 12.1 Å². The summed E-state index contributed by atoms with van der Waals surface area (Å²) >= 11 is 5.87. The van der Waals surface area contributed by atoms with E-state index in [1.807, 2.05) is 11.0 Å². The monoisotopic (exact) mass is 237 g/mol. The van der Waals surface area contributed by atoms with Gasteiger partial charge in [0.25, 0.3) is 5.91 Å². The van der Waals surface area contributed by atoms with Crippen LogP contribution < -0.4 is 15.1 Å². The van der Waals surface area contributed by atoms with Crippen molar-refractivity contribution in [2.75, 3.05) is 18.1 Å². The van der Waals surface area contributed by atoms with E-state index in [2.05, 4.69) is 10.5 Å². The van der Waals surface area contributed by atoms with Gasteiger partial charge in [-0.2, -0.15) is 5.10 Å². The first kappa shape index (κ1) is 9.47. The maximum absolute atomic E-state index is 11.3. The molecule has 0 spiro atoms. The van der Waals surface area contributed by atoms with Gasteiger partial charge in [-0.15, -0.1) is 0 Å². The Bertz CT molecular complexity index is 501. The number of fused-ring (bicyclic) bond motifs is 3. The number of halogens is 1. The number of anilines is 1. The van der Waals surface area contributed by atoms with Crippen LogP contribution in [0.25, 0.3) is 0 Å². The van der Waals surface area contributed by atoms with E-state index in [1.165, 1.54) is 0 Å². The lowest BCUT2D eigenvalue weighted by Gasteiger charge is -2.33. The van der Waals surface area contributed by atoms with Crippen molar-refractivity contribution in [1.29, 1.82) is 0 Å². The van der Waals surface area contributed by atoms with Crippen LogP contribution in [0.5, 0.6) is 5.75 Å². The van der Waals surface area contributed by atoms with Gasteiger partial charge in [-0.1, -0.05) is 11.6 Å². The van der Waals surface area contributed by atoms with Crippen LogP contribution in [-0.4, -0.2) is 24.9 Å². The maximum atomic E-state index is 11.3. The molecule has 1 amide bonds. The third kappa shape index (κ3) is 1.40. The third-order valence-corrected chi connectivity index (χ3v) is 2.73. The molecule has 1 aromatic carbocycles. The standard InChI is InChI=1S/C10H8ClN3O2/c11-6-1-2-7-8(3-6)16-5-9-12-13-10(15)4-14(7)9/h1-3H,4-5H2,(H,13,15). The second kappa shape index (κ2) is 3.38. The molecule has 16 heavy (non-hydrogen) atoms. The van der Waals surface area contributed by atoms with Gasteiger partial charge in [0.1, 0.15) is 18.9 Å². The van der Waals surface area contributed by atoms with Gasteiger partial charge in [0.15, 0.2) is 5.84 Å². The molecule has 0 saturated heterocycles. The maximum Gasteiger partial charge on any atom is 0.260 e. The van der Waals surface area contributed by atoms with Crippen molar-refractivity contribution in [2.24, 2.45) is 5.10 Å². The van der Waals surface area contributed by atoms with Crippen LogP contribution in [-0.2, 0) is 4.79 Å². The zero-order valence-corrected chi connectivity index (χ0v) is 8.99. The van der Waals surface area contributed by atoms with Crippen LogP contribution in [0, 0.1) is 0 Å².